The summed E-state index contributed by atoms with van der Waals surface area (Å²) in [4.78, 5) is 16.6. The van der Waals surface area contributed by atoms with Gasteiger partial charge in [0.15, 0.2) is 6.23 Å². The normalized spacial score (nSPS) is 21.0. The van der Waals surface area contributed by atoms with Crippen LogP contribution in [0.25, 0.3) is 0 Å². The molecule has 5 nitrogen and oxygen atoms in total. The van der Waals surface area contributed by atoms with Crippen LogP contribution in [0.2, 0.25) is 5.02 Å². The molecule has 0 N–H and O–H groups in total. The Morgan fingerprint density at radius 3 is 2.50 bits per heavy atom. The van der Waals surface area contributed by atoms with Crippen LogP contribution in [0.15, 0.2) is 18.2 Å². The molecule has 2 saturated heterocycles. The summed E-state index contributed by atoms with van der Waals surface area (Å²) in [5.74, 6) is 0.789. The van der Waals surface area contributed by atoms with E-state index in [4.69, 9.17) is 21.1 Å². The zero-order valence-electron chi connectivity index (χ0n) is 16.0. The Morgan fingerprint density at radius 2 is 1.81 bits per heavy atom. The number of ether oxygens (including phenoxy) is 2. The molecule has 3 rings (SSSR count). The zero-order valence-corrected chi connectivity index (χ0v) is 16.7. The number of piperidine rings is 1. The Balaban J connectivity index is 1.78. The van der Waals surface area contributed by atoms with Crippen molar-refractivity contribution in [1.29, 1.82) is 0 Å². The molecule has 0 bridgehead atoms. The third-order valence-corrected chi connectivity index (χ3v) is 4.94. The summed E-state index contributed by atoms with van der Waals surface area (Å²) in [6, 6.07) is 5.72. The SMILES string of the molecule is CC(C)(C)OC(=O)N1CCCCC1Oc1ccc(Cl)cc1N1CCCC1. The molecule has 2 aliphatic rings. The average molecular weight is 381 g/mol. The highest BCUT2D eigenvalue weighted by atomic mass is 35.5. The van der Waals surface area contributed by atoms with E-state index in [-0.39, 0.29) is 12.3 Å². The van der Waals surface area contributed by atoms with Crippen LogP contribution >= 0.6 is 11.6 Å². The van der Waals surface area contributed by atoms with Gasteiger partial charge in [-0.05, 0) is 64.7 Å². The maximum absolute atomic E-state index is 12.6. The van der Waals surface area contributed by atoms with Gasteiger partial charge in [0, 0.05) is 31.1 Å². The van der Waals surface area contributed by atoms with E-state index in [1.54, 1.807) is 4.90 Å². The van der Waals surface area contributed by atoms with Gasteiger partial charge in [0.1, 0.15) is 11.4 Å². The summed E-state index contributed by atoms with van der Waals surface area (Å²) < 4.78 is 11.9. The van der Waals surface area contributed by atoms with Gasteiger partial charge in [-0.3, -0.25) is 4.90 Å². The average Bonchev–Trinajstić information content (AvgIpc) is 3.09. The summed E-state index contributed by atoms with van der Waals surface area (Å²) >= 11 is 6.22. The molecule has 0 aliphatic carbocycles. The molecule has 2 fully saturated rings. The number of hydrogen-bond acceptors (Lipinski definition) is 4. The third kappa shape index (κ3) is 4.76. The maximum atomic E-state index is 12.6. The number of carbonyl (C=O) groups is 1. The van der Waals surface area contributed by atoms with Crippen molar-refractivity contribution in [3.8, 4) is 5.75 Å². The number of benzene rings is 1. The quantitative estimate of drug-likeness (QED) is 0.734. The van der Waals surface area contributed by atoms with Crippen molar-refractivity contribution in [2.24, 2.45) is 0 Å². The summed E-state index contributed by atoms with van der Waals surface area (Å²) in [5, 5.41) is 0.701. The van der Waals surface area contributed by atoms with E-state index in [9.17, 15) is 4.79 Å². The van der Waals surface area contributed by atoms with Crippen molar-refractivity contribution >= 4 is 23.4 Å². The molecule has 2 aliphatic heterocycles. The molecule has 0 saturated carbocycles. The van der Waals surface area contributed by atoms with Crippen molar-refractivity contribution < 1.29 is 14.3 Å². The Labute approximate surface area is 161 Å². The molecular weight excluding hydrogens is 352 g/mol. The Hall–Kier alpha value is -1.62. The lowest BCUT2D eigenvalue weighted by Crippen LogP contribution is -2.48. The number of amides is 1. The molecule has 1 unspecified atom stereocenters. The number of nitrogens with zero attached hydrogens (tertiary/aromatic N) is 2. The van der Waals surface area contributed by atoms with Gasteiger partial charge in [-0.15, -0.1) is 0 Å². The zero-order chi connectivity index (χ0) is 18.7. The number of halogens is 1. The van der Waals surface area contributed by atoms with E-state index in [1.165, 1.54) is 12.8 Å². The molecule has 0 radical (unpaired) electrons. The number of hydrogen-bond donors (Lipinski definition) is 0. The monoisotopic (exact) mass is 380 g/mol. The molecule has 26 heavy (non-hydrogen) atoms. The smallest absolute Gasteiger partial charge is 0.413 e. The first-order chi connectivity index (χ1) is 12.3. The summed E-state index contributed by atoms with van der Waals surface area (Å²) in [6.45, 7) is 8.33. The molecule has 0 spiro atoms. The lowest BCUT2D eigenvalue weighted by Gasteiger charge is -2.37. The van der Waals surface area contributed by atoms with E-state index in [0.717, 1.165) is 43.8 Å². The van der Waals surface area contributed by atoms with Crippen LogP contribution < -0.4 is 9.64 Å². The molecule has 1 amide bonds. The highest BCUT2D eigenvalue weighted by Gasteiger charge is 2.32. The van der Waals surface area contributed by atoms with E-state index in [1.807, 2.05) is 39.0 Å². The fourth-order valence-corrected chi connectivity index (χ4v) is 3.66. The largest absolute Gasteiger partial charge is 0.468 e. The molecular formula is C20H29ClN2O3. The fraction of sp³-hybridized carbons (Fsp3) is 0.650. The Bertz CT molecular complexity index is 638. The summed E-state index contributed by atoms with van der Waals surface area (Å²) in [5.41, 5.74) is 0.504. The van der Waals surface area contributed by atoms with Crippen LogP contribution in [-0.2, 0) is 4.74 Å². The number of likely N-dealkylation sites (tertiary alicyclic amines) is 1. The van der Waals surface area contributed by atoms with Crippen molar-refractivity contribution in [3.63, 3.8) is 0 Å². The first-order valence-electron chi connectivity index (χ1n) is 9.54. The minimum absolute atomic E-state index is 0.305. The molecule has 144 valence electrons. The second-order valence-electron chi connectivity index (χ2n) is 8.05. The standard InChI is InChI=1S/C20H29ClN2O3/c1-20(2,3)26-19(24)23-13-5-4-8-18(23)25-17-10-9-15(21)14-16(17)22-11-6-7-12-22/h9-10,14,18H,4-8,11-13H2,1-3H3. The fourth-order valence-electron chi connectivity index (χ4n) is 3.49. The van der Waals surface area contributed by atoms with Gasteiger partial charge >= 0.3 is 6.09 Å². The maximum Gasteiger partial charge on any atom is 0.413 e. The molecule has 2 heterocycles. The van der Waals surface area contributed by atoms with Crippen LogP contribution in [0.5, 0.6) is 5.75 Å². The van der Waals surface area contributed by atoms with Gasteiger partial charge < -0.3 is 14.4 Å². The van der Waals surface area contributed by atoms with Gasteiger partial charge in [0.25, 0.3) is 0 Å². The van der Waals surface area contributed by atoms with E-state index < -0.39 is 5.60 Å². The van der Waals surface area contributed by atoms with Crippen LogP contribution in [0.3, 0.4) is 0 Å². The first-order valence-corrected chi connectivity index (χ1v) is 9.92. The second-order valence-corrected chi connectivity index (χ2v) is 8.48. The van der Waals surface area contributed by atoms with Gasteiger partial charge in [-0.1, -0.05) is 11.6 Å². The lowest BCUT2D eigenvalue weighted by atomic mass is 10.1. The first kappa shape index (κ1) is 19.2. The third-order valence-electron chi connectivity index (χ3n) is 4.71. The molecule has 6 heteroatoms. The Kier molecular flexibility index (Phi) is 5.86. The van der Waals surface area contributed by atoms with E-state index >= 15 is 0 Å². The van der Waals surface area contributed by atoms with Gasteiger partial charge in [0.05, 0.1) is 5.69 Å². The lowest BCUT2D eigenvalue weighted by molar-refractivity contribution is -0.0340. The van der Waals surface area contributed by atoms with Crippen molar-refractivity contribution in [2.45, 2.75) is 64.7 Å². The summed E-state index contributed by atoms with van der Waals surface area (Å²) in [6.07, 6.45) is 4.56. The second kappa shape index (κ2) is 7.95. The van der Waals surface area contributed by atoms with E-state index in [2.05, 4.69) is 4.90 Å². The predicted molar refractivity (Wildman–Crippen MR) is 104 cm³/mol. The van der Waals surface area contributed by atoms with Gasteiger partial charge in [-0.25, -0.2) is 4.79 Å². The van der Waals surface area contributed by atoms with Crippen molar-refractivity contribution in [1.82, 2.24) is 4.90 Å². The van der Waals surface area contributed by atoms with Gasteiger partial charge in [-0.2, -0.15) is 0 Å². The number of anilines is 1. The van der Waals surface area contributed by atoms with Crippen LogP contribution in [-0.4, -0.2) is 42.5 Å². The minimum Gasteiger partial charge on any atom is -0.468 e. The van der Waals surface area contributed by atoms with Crippen LogP contribution in [0.1, 0.15) is 52.9 Å². The molecule has 1 aromatic carbocycles. The number of rotatable bonds is 3. The van der Waals surface area contributed by atoms with Crippen LogP contribution in [0.4, 0.5) is 10.5 Å². The summed E-state index contributed by atoms with van der Waals surface area (Å²) in [7, 11) is 0. The van der Waals surface area contributed by atoms with Crippen LogP contribution in [0, 0.1) is 0 Å². The highest BCUT2D eigenvalue weighted by molar-refractivity contribution is 6.30. The number of carbonyl (C=O) groups excluding carboxylic acids is 1. The topological polar surface area (TPSA) is 42.0 Å². The Morgan fingerprint density at radius 1 is 1.12 bits per heavy atom. The molecule has 0 aromatic heterocycles. The molecule has 1 aromatic rings. The van der Waals surface area contributed by atoms with Crippen molar-refractivity contribution in [2.75, 3.05) is 24.5 Å². The van der Waals surface area contributed by atoms with Gasteiger partial charge in [0.2, 0.25) is 0 Å². The van der Waals surface area contributed by atoms with E-state index in [0.29, 0.717) is 11.6 Å². The predicted octanol–water partition coefficient (Wildman–Crippen LogP) is 5.07. The van der Waals surface area contributed by atoms with Crippen molar-refractivity contribution in [3.05, 3.63) is 23.2 Å². The minimum atomic E-state index is -0.514. The highest BCUT2D eigenvalue weighted by Crippen LogP contribution is 2.35. The molecule has 1 atom stereocenters.